The van der Waals surface area contributed by atoms with Gasteiger partial charge >= 0.3 is 0 Å². The number of allylic oxidation sites excluding steroid dienone is 4. The predicted octanol–water partition coefficient (Wildman–Crippen LogP) is 7.86. The molecule has 2 N–H and O–H groups in total. The summed E-state index contributed by atoms with van der Waals surface area (Å²) >= 11 is 0. The Morgan fingerprint density at radius 1 is 1.03 bits per heavy atom. The second kappa shape index (κ2) is 10.3. The highest BCUT2D eigenvalue weighted by atomic mass is 16.3. The molecule has 4 aliphatic carbocycles. The van der Waals surface area contributed by atoms with E-state index in [0.29, 0.717) is 17.3 Å². The molecule has 0 unspecified atom stereocenters. The van der Waals surface area contributed by atoms with E-state index >= 15 is 0 Å². The van der Waals surface area contributed by atoms with Crippen molar-refractivity contribution in [2.45, 2.75) is 117 Å². The third-order valence-corrected chi connectivity index (χ3v) is 11.1. The van der Waals surface area contributed by atoms with E-state index in [1.165, 1.54) is 50.5 Å². The van der Waals surface area contributed by atoms with E-state index in [2.05, 4.69) is 53.3 Å². The largest absolute Gasteiger partial charge is 0.392 e. The van der Waals surface area contributed by atoms with Crippen LogP contribution in [0.15, 0.2) is 36.0 Å². The van der Waals surface area contributed by atoms with E-state index < -0.39 is 12.2 Å². The van der Waals surface area contributed by atoms with Gasteiger partial charge in [-0.2, -0.15) is 0 Å². The van der Waals surface area contributed by atoms with Gasteiger partial charge in [0.1, 0.15) is 0 Å². The molecule has 2 nitrogen and oxygen atoms in total. The molecule has 4 rings (SSSR count). The van der Waals surface area contributed by atoms with E-state index in [-0.39, 0.29) is 11.3 Å². The van der Waals surface area contributed by atoms with Crippen molar-refractivity contribution in [3.8, 4) is 0 Å². The minimum absolute atomic E-state index is 0.0212. The first kappa shape index (κ1) is 26.2. The van der Waals surface area contributed by atoms with Crippen molar-refractivity contribution in [2.24, 2.45) is 46.3 Å². The fraction of sp³-hybridized carbons (Fsp3) is 0.812. The lowest BCUT2D eigenvalue weighted by Crippen LogP contribution is -2.56. The summed E-state index contributed by atoms with van der Waals surface area (Å²) in [4.78, 5) is 0. The topological polar surface area (TPSA) is 40.5 Å². The first-order valence-electron chi connectivity index (χ1n) is 14.5. The molecule has 0 aliphatic heterocycles. The van der Waals surface area contributed by atoms with Crippen LogP contribution in [0.5, 0.6) is 0 Å². The predicted molar refractivity (Wildman–Crippen MR) is 143 cm³/mol. The number of unbranched alkanes of at least 4 members (excludes halogenated alkanes) is 1. The summed E-state index contributed by atoms with van der Waals surface area (Å²) in [6.07, 6.45) is 18.7. The first-order chi connectivity index (χ1) is 16.1. The zero-order valence-corrected chi connectivity index (χ0v) is 22.7. The number of aliphatic hydroxyl groups is 2. The summed E-state index contributed by atoms with van der Waals surface area (Å²) in [6.45, 7) is 16.0. The Morgan fingerprint density at radius 3 is 2.50 bits per heavy atom. The van der Waals surface area contributed by atoms with Crippen molar-refractivity contribution in [1.82, 2.24) is 0 Å². The number of hydrogen-bond donors (Lipinski definition) is 2. The third-order valence-electron chi connectivity index (χ3n) is 11.1. The van der Waals surface area contributed by atoms with Crippen molar-refractivity contribution >= 4 is 0 Å². The van der Waals surface area contributed by atoms with E-state index in [4.69, 9.17) is 0 Å². The normalized spacial score (nSPS) is 42.4. The van der Waals surface area contributed by atoms with Gasteiger partial charge in [-0.1, -0.05) is 83.3 Å². The monoisotopic (exact) mass is 468 g/mol. The van der Waals surface area contributed by atoms with Crippen molar-refractivity contribution in [1.29, 1.82) is 0 Å². The maximum atomic E-state index is 11.8. The van der Waals surface area contributed by atoms with Crippen molar-refractivity contribution < 1.29 is 10.2 Å². The van der Waals surface area contributed by atoms with Crippen LogP contribution in [0.4, 0.5) is 0 Å². The highest BCUT2D eigenvalue weighted by Crippen LogP contribution is 2.66. The zero-order chi connectivity index (χ0) is 24.7. The molecular formula is C32H52O2. The molecule has 0 spiro atoms. The van der Waals surface area contributed by atoms with Crippen LogP contribution >= 0.6 is 0 Å². The second-order valence-corrected chi connectivity index (χ2v) is 13.4. The van der Waals surface area contributed by atoms with Crippen molar-refractivity contribution in [3.63, 3.8) is 0 Å². The summed E-state index contributed by atoms with van der Waals surface area (Å²) in [7, 11) is 0. The van der Waals surface area contributed by atoms with Crippen LogP contribution in [0.25, 0.3) is 0 Å². The van der Waals surface area contributed by atoms with Gasteiger partial charge in [-0.25, -0.2) is 0 Å². The molecule has 2 heteroatoms. The molecule has 4 aliphatic rings. The summed E-state index contributed by atoms with van der Waals surface area (Å²) in [5.74, 6) is 3.52. The molecule has 3 fully saturated rings. The molecule has 0 aromatic heterocycles. The lowest BCUT2D eigenvalue weighted by Gasteiger charge is -2.58. The Hall–Kier alpha value is -0.860. The Morgan fingerprint density at radius 2 is 1.79 bits per heavy atom. The second-order valence-electron chi connectivity index (χ2n) is 13.4. The van der Waals surface area contributed by atoms with E-state index in [9.17, 15) is 10.2 Å². The van der Waals surface area contributed by atoms with Gasteiger partial charge in [0.2, 0.25) is 0 Å². The lowest BCUT2D eigenvalue weighted by atomic mass is 9.48. The van der Waals surface area contributed by atoms with E-state index in [0.717, 1.165) is 43.4 Å². The molecule has 3 saturated carbocycles. The van der Waals surface area contributed by atoms with Gasteiger partial charge in [0.05, 0.1) is 12.2 Å². The maximum Gasteiger partial charge on any atom is 0.0689 e. The van der Waals surface area contributed by atoms with E-state index in [1.807, 2.05) is 6.08 Å². The fourth-order valence-electron chi connectivity index (χ4n) is 9.06. The van der Waals surface area contributed by atoms with E-state index in [1.54, 1.807) is 5.57 Å². The quantitative estimate of drug-likeness (QED) is 0.267. The summed E-state index contributed by atoms with van der Waals surface area (Å²) in [6, 6.07) is 0. The molecule has 0 radical (unpaired) electrons. The average molecular weight is 469 g/mol. The number of fused-ring (bicyclic) bond motifs is 5. The Bertz CT molecular complexity index is 793. The van der Waals surface area contributed by atoms with Crippen LogP contribution in [-0.2, 0) is 0 Å². The summed E-state index contributed by atoms with van der Waals surface area (Å²) in [5, 5.41) is 22.7. The van der Waals surface area contributed by atoms with Crippen LogP contribution in [0, 0.1) is 46.3 Å². The van der Waals surface area contributed by atoms with Crippen molar-refractivity contribution in [3.05, 3.63) is 36.0 Å². The summed E-state index contributed by atoms with van der Waals surface area (Å²) < 4.78 is 0. The standard InChI is InChI=1S/C32H52O2/c1-7-8-9-13-25-29(33)20-23-14-15-24-27-17-16-26(22(4)12-10-11-21(2)3)31(27,5)19-18-28(24)32(23,6)30(25)34/h7,14-15,21-22,25-30,33-34H,1,8-13,16-20H2,2-6H3/t22-,25-,26-,27+,28+,29-,30+,31-,32+/m1/s1. The van der Waals surface area contributed by atoms with Gasteiger partial charge in [0.25, 0.3) is 0 Å². The van der Waals surface area contributed by atoms with Crippen molar-refractivity contribution in [2.75, 3.05) is 0 Å². The Balaban J connectivity index is 1.54. The van der Waals surface area contributed by atoms with Crippen LogP contribution in [0.3, 0.4) is 0 Å². The van der Waals surface area contributed by atoms with Gasteiger partial charge in [-0.05, 0) is 86.4 Å². The molecule has 9 atom stereocenters. The average Bonchev–Trinajstić information content (AvgIpc) is 3.14. The molecule has 0 saturated heterocycles. The van der Waals surface area contributed by atoms with Crippen LogP contribution in [0.1, 0.15) is 105 Å². The minimum atomic E-state index is -0.461. The molecule has 0 amide bonds. The van der Waals surface area contributed by atoms with Gasteiger partial charge in [0, 0.05) is 11.3 Å². The molecule has 34 heavy (non-hydrogen) atoms. The molecule has 0 heterocycles. The molecular weight excluding hydrogens is 416 g/mol. The Kier molecular flexibility index (Phi) is 7.90. The molecule has 0 aromatic carbocycles. The molecule has 0 bridgehead atoms. The van der Waals surface area contributed by atoms with Crippen LogP contribution in [-0.4, -0.2) is 22.4 Å². The van der Waals surface area contributed by atoms with Crippen LogP contribution < -0.4 is 0 Å². The maximum absolute atomic E-state index is 11.8. The highest BCUT2D eigenvalue weighted by molar-refractivity contribution is 5.40. The van der Waals surface area contributed by atoms with Crippen LogP contribution in [0.2, 0.25) is 0 Å². The lowest BCUT2D eigenvalue weighted by molar-refractivity contribution is -0.0999. The minimum Gasteiger partial charge on any atom is -0.392 e. The zero-order valence-electron chi connectivity index (χ0n) is 22.7. The van der Waals surface area contributed by atoms with Gasteiger partial charge < -0.3 is 10.2 Å². The molecule has 192 valence electrons. The van der Waals surface area contributed by atoms with Gasteiger partial charge in [0.15, 0.2) is 0 Å². The first-order valence-corrected chi connectivity index (χ1v) is 14.5. The van der Waals surface area contributed by atoms with Gasteiger partial charge in [-0.3, -0.25) is 0 Å². The summed E-state index contributed by atoms with van der Waals surface area (Å²) in [5.41, 5.74) is 3.12. The third kappa shape index (κ3) is 4.40. The number of hydrogen-bond acceptors (Lipinski definition) is 2. The number of rotatable bonds is 9. The fourth-order valence-corrected chi connectivity index (χ4v) is 9.06. The highest BCUT2D eigenvalue weighted by Gasteiger charge is 2.60. The van der Waals surface area contributed by atoms with Gasteiger partial charge in [-0.15, -0.1) is 6.58 Å². The molecule has 0 aromatic rings. The smallest absolute Gasteiger partial charge is 0.0689 e. The Labute approximate surface area is 210 Å². The SMILES string of the molecule is C=CCCC[C@@H]1[C@H](O)CC2=CC=C3[C@@H]4CC[C@H]([C@H](C)CCCC(C)C)[C@@]4(C)CC[C@@H]3[C@@]2(C)[C@H]1O. The number of aliphatic hydroxyl groups excluding tert-OH is 2.